The Hall–Kier alpha value is -4.81. The molecule has 6 rings (SSSR count). The maximum atomic E-state index is 13.0. The second kappa shape index (κ2) is 14.5. The molecule has 1 atom stereocenters. The summed E-state index contributed by atoms with van der Waals surface area (Å²) in [5, 5.41) is 18.8. The number of fused-ring (bicyclic) bond motifs is 1. The van der Waals surface area contributed by atoms with E-state index < -0.39 is 5.97 Å². The molecule has 11 nitrogen and oxygen atoms in total. The van der Waals surface area contributed by atoms with Gasteiger partial charge in [-0.3, -0.25) is 18.8 Å². The number of benzene rings is 2. The van der Waals surface area contributed by atoms with Crippen LogP contribution in [0, 0.1) is 0 Å². The van der Waals surface area contributed by atoms with Gasteiger partial charge in [-0.2, -0.15) is 0 Å². The zero-order valence-electron chi connectivity index (χ0n) is 25.9. The molecule has 0 aliphatic carbocycles. The third kappa shape index (κ3) is 7.04. The molecule has 0 unspecified atom stereocenters. The molecule has 1 fully saturated rings. The van der Waals surface area contributed by atoms with Crippen molar-refractivity contribution >= 4 is 40.7 Å². The molecule has 246 valence electrons. The number of carboxylic acids is 1. The van der Waals surface area contributed by atoms with E-state index in [-0.39, 0.29) is 30.6 Å². The van der Waals surface area contributed by atoms with Crippen LogP contribution in [0.1, 0.15) is 24.0 Å². The fourth-order valence-electron chi connectivity index (χ4n) is 5.75. The molecule has 0 bridgehead atoms. The lowest BCUT2D eigenvalue weighted by Crippen LogP contribution is -2.35. The smallest absolute Gasteiger partial charge is 0.317 e. The minimum atomic E-state index is -1.01. The second-order valence-corrected chi connectivity index (χ2v) is 12.1. The molecule has 1 aliphatic heterocycles. The number of hydrogen-bond donors (Lipinski definition) is 4. The summed E-state index contributed by atoms with van der Waals surface area (Å²) in [6.07, 6.45) is 4.45. The quantitative estimate of drug-likeness (QED) is 0.143. The predicted molar refractivity (Wildman–Crippen MR) is 184 cm³/mol. The summed E-state index contributed by atoms with van der Waals surface area (Å²) in [5.41, 5.74) is 5.64. The van der Waals surface area contributed by atoms with Crippen molar-refractivity contribution in [2.45, 2.75) is 32.0 Å². The van der Waals surface area contributed by atoms with Crippen molar-refractivity contribution in [2.75, 3.05) is 20.2 Å². The number of ether oxygens (including phenoxy) is 1. The molecule has 5 aromatic rings. The van der Waals surface area contributed by atoms with E-state index in [2.05, 4.69) is 20.9 Å². The van der Waals surface area contributed by atoms with Gasteiger partial charge in [0.05, 0.1) is 35.0 Å². The molecule has 0 spiro atoms. The fourth-order valence-corrected chi connectivity index (χ4v) is 6.41. The summed E-state index contributed by atoms with van der Waals surface area (Å²) in [6, 6.07) is 18.9. The van der Waals surface area contributed by atoms with Gasteiger partial charge < -0.3 is 25.8 Å². The van der Waals surface area contributed by atoms with Crippen molar-refractivity contribution in [2.24, 2.45) is 0 Å². The summed E-state index contributed by atoms with van der Waals surface area (Å²) >= 11 is 14.1. The van der Waals surface area contributed by atoms with Gasteiger partial charge in [-0.15, -0.1) is 0 Å². The molecule has 13 heteroatoms. The lowest BCUT2D eigenvalue weighted by atomic mass is 9.97. The first-order chi connectivity index (χ1) is 23.2. The Balaban J connectivity index is 1.26. The number of carboxylic acid groups (broad SMARTS) is 1. The lowest BCUT2D eigenvalue weighted by Gasteiger charge is -2.16. The standard InChI is InChI=1S/C35H32Cl2N6O5/c1-48-34-21(15-38-18-23-9-11-30(44)41-23)8-10-28(42-34)27-7-3-6-26(33(27)37)25-5-2-4-24(32(25)36)20-12-13-43-29(14-20)40-17-22(35(43)47)16-39-19-31(45)46/h2-8,10,12-14,17,23,38-39H,9,11,15-16,18-19H2,1H3,(H,41,44)(H,45,46)/t23-/m1/s1. The zero-order chi connectivity index (χ0) is 33.8. The first-order valence-electron chi connectivity index (χ1n) is 15.3. The van der Waals surface area contributed by atoms with E-state index in [0.29, 0.717) is 57.9 Å². The van der Waals surface area contributed by atoms with E-state index in [4.69, 9.17) is 38.0 Å². The number of aromatic nitrogens is 3. The number of carbonyl (C=O) groups excluding carboxylic acids is 1. The number of halogens is 2. The Morgan fingerprint density at radius 2 is 1.69 bits per heavy atom. The number of carbonyl (C=O) groups is 2. The highest BCUT2D eigenvalue weighted by Gasteiger charge is 2.21. The van der Waals surface area contributed by atoms with Gasteiger partial charge >= 0.3 is 5.97 Å². The second-order valence-electron chi connectivity index (χ2n) is 11.4. The van der Waals surface area contributed by atoms with Crippen molar-refractivity contribution in [1.82, 2.24) is 30.3 Å². The number of amides is 1. The molecule has 0 saturated carbocycles. The number of methoxy groups -OCH3 is 1. The van der Waals surface area contributed by atoms with Crippen LogP contribution in [0.4, 0.5) is 0 Å². The minimum Gasteiger partial charge on any atom is -0.481 e. The van der Waals surface area contributed by atoms with Crippen molar-refractivity contribution in [3.8, 4) is 39.4 Å². The lowest BCUT2D eigenvalue weighted by molar-refractivity contribution is -0.136. The van der Waals surface area contributed by atoms with Gasteiger partial charge in [-0.25, -0.2) is 9.97 Å². The number of aliphatic carboxylic acids is 1. The van der Waals surface area contributed by atoms with E-state index in [1.54, 1.807) is 25.4 Å². The summed E-state index contributed by atoms with van der Waals surface area (Å²) in [4.78, 5) is 44.5. The summed E-state index contributed by atoms with van der Waals surface area (Å²) in [7, 11) is 1.58. The summed E-state index contributed by atoms with van der Waals surface area (Å²) in [5.74, 6) is -0.448. The highest BCUT2D eigenvalue weighted by atomic mass is 35.5. The Morgan fingerprint density at radius 1 is 0.979 bits per heavy atom. The van der Waals surface area contributed by atoms with Gasteiger partial charge in [0.2, 0.25) is 11.8 Å². The number of pyridine rings is 2. The normalized spacial score (nSPS) is 14.3. The van der Waals surface area contributed by atoms with Gasteiger partial charge in [0.15, 0.2) is 0 Å². The SMILES string of the molecule is COc1nc(-c2cccc(-c3cccc(-c4ccn5c(=O)c(CNCC(=O)O)cnc5c4)c3Cl)c2Cl)ccc1CNC[C@H]1CCC(=O)N1. The number of hydrogen-bond acceptors (Lipinski definition) is 8. The van der Waals surface area contributed by atoms with Crippen molar-refractivity contribution in [3.05, 3.63) is 105 Å². The van der Waals surface area contributed by atoms with Gasteiger partial charge in [0.1, 0.15) is 5.65 Å². The van der Waals surface area contributed by atoms with Crippen LogP contribution in [-0.2, 0) is 22.7 Å². The topological polar surface area (TPSA) is 147 Å². The maximum absolute atomic E-state index is 13.0. The van der Waals surface area contributed by atoms with Crippen LogP contribution in [-0.4, -0.2) is 57.6 Å². The molecule has 0 radical (unpaired) electrons. The molecular weight excluding hydrogens is 655 g/mol. The Labute approximate surface area is 285 Å². The number of rotatable bonds is 12. The first-order valence-corrected chi connectivity index (χ1v) is 16.0. The average Bonchev–Trinajstić information content (AvgIpc) is 3.50. The molecular formula is C35H32Cl2N6O5. The maximum Gasteiger partial charge on any atom is 0.317 e. The van der Waals surface area contributed by atoms with E-state index in [0.717, 1.165) is 34.2 Å². The third-order valence-corrected chi connectivity index (χ3v) is 8.98. The number of nitrogens with zero attached hydrogens (tertiary/aromatic N) is 3. The van der Waals surface area contributed by atoms with Crippen LogP contribution in [0.25, 0.3) is 39.2 Å². The minimum absolute atomic E-state index is 0.0852. The Bertz CT molecular complexity index is 2090. The Kier molecular flexibility index (Phi) is 10.0. The van der Waals surface area contributed by atoms with Crippen LogP contribution in [0.3, 0.4) is 0 Å². The van der Waals surface area contributed by atoms with Gasteiger partial charge in [0.25, 0.3) is 5.56 Å². The molecule has 1 saturated heterocycles. The van der Waals surface area contributed by atoms with E-state index in [9.17, 15) is 14.4 Å². The van der Waals surface area contributed by atoms with E-state index in [1.807, 2.05) is 48.5 Å². The average molecular weight is 688 g/mol. The molecule has 4 N–H and O–H groups in total. The number of nitrogens with one attached hydrogen (secondary N) is 3. The highest BCUT2D eigenvalue weighted by molar-refractivity contribution is 6.39. The van der Waals surface area contributed by atoms with Crippen molar-refractivity contribution in [1.29, 1.82) is 0 Å². The van der Waals surface area contributed by atoms with Crippen molar-refractivity contribution < 1.29 is 19.4 Å². The van der Waals surface area contributed by atoms with Crippen LogP contribution >= 0.6 is 23.2 Å². The van der Waals surface area contributed by atoms with Crippen LogP contribution in [0.2, 0.25) is 10.0 Å². The predicted octanol–water partition coefficient (Wildman–Crippen LogP) is 4.95. The van der Waals surface area contributed by atoms with Gasteiger partial charge in [0, 0.05) is 72.3 Å². The zero-order valence-corrected chi connectivity index (χ0v) is 27.4. The monoisotopic (exact) mass is 686 g/mol. The Morgan fingerprint density at radius 3 is 2.40 bits per heavy atom. The third-order valence-electron chi connectivity index (χ3n) is 8.17. The first kappa shape index (κ1) is 33.1. The molecule has 1 aliphatic rings. The molecule has 48 heavy (non-hydrogen) atoms. The van der Waals surface area contributed by atoms with Crippen LogP contribution in [0.15, 0.2) is 77.9 Å². The largest absolute Gasteiger partial charge is 0.481 e. The van der Waals surface area contributed by atoms with Gasteiger partial charge in [-0.1, -0.05) is 65.7 Å². The van der Waals surface area contributed by atoms with Crippen LogP contribution < -0.4 is 26.2 Å². The van der Waals surface area contributed by atoms with E-state index >= 15 is 0 Å². The van der Waals surface area contributed by atoms with Crippen LogP contribution in [0.5, 0.6) is 5.88 Å². The van der Waals surface area contributed by atoms with E-state index in [1.165, 1.54) is 10.6 Å². The highest BCUT2D eigenvalue weighted by Crippen LogP contribution is 2.42. The molecule has 1 amide bonds. The fraction of sp³-hybridized carbons (Fsp3) is 0.229. The molecule has 4 heterocycles. The molecule has 3 aromatic heterocycles. The summed E-state index contributed by atoms with van der Waals surface area (Å²) in [6.45, 7) is 1.01. The molecule has 2 aromatic carbocycles. The van der Waals surface area contributed by atoms with Crippen molar-refractivity contribution in [3.63, 3.8) is 0 Å². The summed E-state index contributed by atoms with van der Waals surface area (Å²) < 4.78 is 7.03. The van der Waals surface area contributed by atoms with Gasteiger partial charge in [-0.05, 0) is 30.2 Å².